The van der Waals surface area contributed by atoms with Gasteiger partial charge in [-0.1, -0.05) is 24.3 Å². The molecule has 88 valence electrons. The predicted molar refractivity (Wildman–Crippen MR) is 67.6 cm³/mol. The summed E-state index contributed by atoms with van der Waals surface area (Å²) < 4.78 is 0. The van der Waals surface area contributed by atoms with Crippen LogP contribution in [0.4, 0.5) is 0 Å². The van der Waals surface area contributed by atoms with E-state index in [1.165, 1.54) is 0 Å². The largest absolute Gasteiger partial charge is 0.392 e. The molecule has 1 heterocycles. The van der Waals surface area contributed by atoms with Crippen molar-refractivity contribution in [3.8, 4) is 11.4 Å². The number of hydrogen-bond donors (Lipinski definition) is 1. The van der Waals surface area contributed by atoms with Gasteiger partial charge in [0, 0.05) is 17.0 Å². The summed E-state index contributed by atoms with van der Waals surface area (Å²) in [5.41, 5.74) is 4.85. The number of aliphatic hydroxyl groups excluding tert-OH is 1. The predicted octanol–water partition coefficient (Wildman–Crippen LogP) is 2.56. The molecule has 0 aliphatic heterocycles. The molecule has 0 unspecified atom stereocenters. The highest BCUT2D eigenvalue weighted by Crippen LogP contribution is 2.22. The Kier molecular flexibility index (Phi) is 3.20. The zero-order valence-electron chi connectivity index (χ0n) is 10.4. The molecule has 1 aromatic carbocycles. The van der Waals surface area contributed by atoms with Crippen LogP contribution in [0.3, 0.4) is 0 Å². The second-order valence-electron chi connectivity index (χ2n) is 4.16. The maximum atomic E-state index is 9.32. The molecule has 0 aliphatic rings. The van der Waals surface area contributed by atoms with Crippen molar-refractivity contribution in [1.82, 2.24) is 9.97 Å². The molecule has 0 saturated carbocycles. The Morgan fingerprint density at radius 2 is 1.59 bits per heavy atom. The fourth-order valence-corrected chi connectivity index (χ4v) is 1.77. The van der Waals surface area contributed by atoms with Crippen LogP contribution in [0.5, 0.6) is 0 Å². The standard InChI is InChI=1S/C14H16N2O/c1-9-10(2)15-14(16-11(9)3)13-7-5-4-6-12(13)8-17/h4-7,17H,8H2,1-3H3. The van der Waals surface area contributed by atoms with Crippen LogP contribution in [0.15, 0.2) is 24.3 Å². The zero-order valence-corrected chi connectivity index (χ0v) is 10.4. The topological polar surface area (TPSA) is 46.0 Å². The van der Waals surface area contributed by atoms with Gasteiger partial charge in [0.25, 0.3) is 0 Å². The minimum Gasteiger partial charge on any atom is -0.392 e. The average Bonchev–Trinajstić information content (AvgIpc) is 2.35. The van der Waals surface area contributed by atoms with Crippen LogP contribution in [0.2, 0.25) is 0 Å². The third kappa shape index (κ3) is 2.19. The Hall–Kier alpha value is -1.74. The molecule has 0 atom stereocenters. The highest BCUT2D eigenvalue weighted by Gasteiger charge is 2.09. The van der Waals surface area contributed by atoms with Crippen molar-refractivity contribution in [1.29, 1.82) is 0 Å². The summed E-state index contributed by atoms with van der Waals surface area (Å²) in [6.45, 7) is 5.99. The van der Waals surface area contributed by atoms with E-state index in [-0.39, 0.29) is 6.61 Å². The van der Waals surface area contributed by atoms with E-state index in [9.17, 15) is 5.11 Å². The first-order valence-electron chi connectivity index (χ1n) is 5.64. The molecular formula is C14H16N2O. The molecule has 2 aromatic rings. The Balaban J connectivity index is 2.61. The SMILES string of the molecule is Cc1nc(-c2ccccc2CO)nc(C)c1C. The van der Waals surface area contributed by atoms with Crippen molar-refractivity contribution in [2.75, 3.05) is 0 Å². The number of aromatic nitrogens is 2. The summed E-state index contributed by atoms with van der Waals surface area (Å²) >= 11 is 0. The van der Waals surface area contributed by atoms with Crippen molar-refractivity contribution in [3.63, 3.8) is 0 Å². The van der Waals surface area contributed by atoms with Gasteiger partial charge < -0.3 is 5.11 Å². The van der Waals surface area contributed by atoms with Crippen LogP contribution in [0.25, 0.3) is 11.4 Å². The summed E-state index contributed by atoms with van der Waals surface area (Å²) in [5, 5.41) is 9.32. The normalized spacial score (nSPS) is 10.6. The lowest BCUT2D eigenvalue weighted by atomic mass is 10.1. The van der Waals surface area contributed by atoms with E-state index in [0.717, 1.165) is 28.1 Å². The molecule has 0 radical (unpaired) electrons. The quantitative estimate of drug-likeness (QED) is 0.859. The van der Waals surface area contributed by atoms with E-state index >= 15 is 0 Å². The summed E-state index contributed by atoms with van der Waals surface area (Å²) in [4.78, 5) is 8.98. The van der Waals surface area contributed by atoms with Crippen molar-refractivity contribution >= 4 is 0 Å². The fourth-order valence-electron chi connectivity index (χ4n) is 1.77. The van der Waals surface area contributed by atoms with E-state index in [2.05, 4.69) is 9.97 Å². The smallest absolute Gasteiger partial charge is 0.159 e. The second-order valence-corrected chi connectivity index (χ2v) is 4.16. The first-order chi connectivity index (χ1) is 8.13. The summed E-state index contributed by atoms with van der Waals surface area (Å²) in [6, 6.07) is 7.67. The monoisotopic (exact) mass is 228 g/mol. The highest BCUT2D eigenvalue weighted by atomic mass is 16.3. The van der Waals surface area contributed by atoms with Crippen molar-refractivity contribution in [3.05, 3.63) is 46.8 Å². The molecule has 1 aromatic heterocycles. The van der Waals surface area contributed by atoms with Crippen LogP contribution < -0.4 is 0 Å². The van der Waals surface area contributed by atoms with Gasteiger partial charge in [0.1, 0.15) is 0 Å². The lowest BCUT2D eigenvalue weighted by molar-refractivity contribution is 0.282. The Labute approximate surface area is 101 Å². The molecule has 0 bridgehead atoms. The number of nitrogens with zero attached hydrogens (tertiary/aromatic N) is 2. The van der Waals surface area contributed by atoms with E-state index in [0.29, 0.717) is 5.82 Å². The lowest BCUT2D eigenvalue weighted by Crippen LogP contribution is -2.01. The minimum absolute atomic E-state index is 0.00546. The van der Waals surface area contributed by atoms with E-state index in [1.54, 1.807) is 0 Å². The first-order valence-corrected chi connectivity index (χ1v) is 5.64. The van der Waals surface area contributed by atoms with Crippen LogP contribution in [-0.2, 0) is 6.61 Å². The lowest BCUT2D eigenvalue weighted by Gasteiger charge is -2.09. The number of aryl methyl sites for hydroxylation is 2. The number of hydrogen-bond acceptors (Lipinski definition) is 3. The third-order valence-corrected chi connectivity index (χ3v) is 3.06. The molecule has 0 saturated heterocycles. The van der Waals surface area contributed by atoms with Crippen LogP contribution in [0, 0.1) is 20.8 Å². The molecule has 0 amide bonds. The molecule has 0 spiro atoms. The third-order valence-electron chi connectivity index (χ3n) is 3.06. The van der Waals surface area contributed by atoms with E-state index in [4.69, 9.17) is 0 Å². The number of rotatable bonds is 2. The summed E-state index contributed by atoms with van der Waals surface area (Å²) in [5.74, 6) is 0.690. The average molecular weight is 228 g/mol. The zero-order chi connectivity index (χ0) is 12.4. The van der Waals surface area contributed by atoms with E-state index < -0.39 is 0 Å². The fraction of sp³-hybridized carbons (Fsp3) is 0.286. The molecule has 0 aliphatic carbocycles. The first kappa shape index (κ1) is 11.7. The molecule has 0 fully saturated rings. The second kappa shape index (κ2) is 4.63. The molecule has 1 N–H and O–H groups in total. The van der Waals surface area contributed by atoms with Gasteiger partial charge in [0.2, 0.25) is 0 Å². The molecule has 3 heteroatoms. The van der Waals surface area contributed by atoms with Gasteiger partial charge in [-0.25, -0.2) is 9.97 Å². The summed E-state index contributed by atoms with van der Waals surface area (Å²) in [7, 11) is 0. The Morgan fingerprint density at radius 3 is 2.18 bits per heavy atom. The van der Waals surface area contributed by atoms with E-state index in [1.807, 2.05) is 45.0 Å². The molecule has 2 rings (SSSR count). The maximum Gasteiger partial charge on any atom is 0.159 e. The Bertz CT molecular complexity index is 527. The Morgan fingerprint density at radius 1 is 1.00 bits per heavy atom. The van der Waals surface area contributed by atoms with Gasteiger partial charge in [-0.2, -0.15) is 0 Å². The number of aliphatic hydroxyl groups is 1. The van der Waals surface area contributed by atoms with Gasteiger partial charge in [-0.15, -0.1) is 0 Å². The van der Waals surface area contributed by atoms with Crippen LogP contribution >= 0.6 is 0 Å². The van der Waals surface area contributed by atoms with Gasteiger partial charge >= 0.3 is 0 Å². The van der Waals surface area contributed by atoms with Crippen LogP contribution in [0.1, 0.15) is 22.5 Å². The van der Waals surface area contributed by atoms with Gasteiger partial charge in [0.15, 0.2) is 5.82 Å². The van der Waals surface area contributed by atoms with Gasteiger partial charge in [-0.3, -0.25) is 0 Å². The minimum atomic E-state index is 0.00546. The van der Waals surface area contributed by atoms with Gasteiger partial charge in [0.05, 0.1) is 6.61 Å². The van der Waals surface area contributed by atoms with Gasteiger partial charge in [-0.05, 0) is 31.9 Å². The molecule has 3 nitrogen and oxygen atoms in total. The van der Waals surface area contributed by atoms with Crippen LogP contribution in [-0.4, -0.2) is 15.1 Å². The molecule has 17 heavy (non-hydrogen) atoms. The highest BCUT2D eigenvalue weighted by molar-refractivity contribution is 5.60. The van der Waals surface area contributed by atoms with Crippen molar-refractivity contribution in [2.45, 2.75) is 27.4 Å². The molecular weight excluding hydrogens is 212 g/mol. The van der Waals surface area contributed by atoms with Crippen molar-refractivity contribution < 1.29 is 5.11 Å². The maximum absolute atomic E-state index is 9.32. The van der Waals surface area contributed by atoms with Crippen molar-refractivity contribution in [2.24, 2.45) is 0 Å². The summed E-state index contributed by atoms with van der Waals surface area (Å²) in [6.07, 6.45) is 0. The number of benzene rings is 1.